The fourth-order valence-electron chi connectivity index (χ4n) is 2.13. The highest BCUT2D eigenvalue weighted by Crippen LogP contribution is 2.19. The minimum Gasteiger partial charge on any atom is -0.364 e. The summed E-state index contributed by atoms with van der Waals surface area (Å²) in [6.07, 6.45) is 2.42. The van der Waals surface area contributed by atoms with Crippen molar-refractivity contribution in [2.75, 3.05) is 23.7 Å². The Labute approximate surface area is 128 Å². The summed E-state index contributed by atoms with van der Waals surface area (Å²) < 4.78 is 0. The van der Waals surface area contributed by atoms with Crippen molar-refractivity contribution in [2.45, 2.75) is 13.0 Å². The molecule has 3 rings (SSSR count). The predicted octanol–water partition coefficient (Wildman–Crippen LogP) is 1.73. The third-order valence-corrected chi connectivity index (χ3v) is 3.26. The minimum atomic E-state index is 0.650. The van der Waals surface area contributed by atoms with E-state index in [9.17, 15) is 0 Å². The van der Waals surface area contributed by atoms with Crippen LogP contribution in [0.15, 0.2) is 36.7 Å². The van der Waals surface area contributed by atoms with E-state index >= 15 is 0 Å². The lowest BCUT2D eigenvalue weighted by molar-refractivity contribution is 0.867. The van der Waals surface area contributed by atoms with Gasteiger partial charge >= 0.3 is 0 Å². The van der Waals surface area contributed by atoms with Crippen LogP contribution in [-0.2, 0) is 6.54 Å². The van der Waals surface area contributed by atoms with Gasteiger partial charge in [0.1, 0.15) is 6.33 Å². The van der Waals surface area contributed by atoms with Crippen LogP contribution in [0, 0.1) is 0 Å². The number of benzene rings is 1. The fourth-order valence-corrected chi connectivity index (χ4v) is 2.13. The lowest BCUT2D eigenvalue weighted by Gasteiger charge is -2.05. The van der Waals surface area contributed by atoms with E-state index in [0.717, 1.165) is 24.3 Å². The van der Waals surface area contributed by atoms with Gasteiger partial charge in [0.2, 0.25) is 5.95 Å². The Balaban J connectivity index is 1.74. The highest BCUT2D eigenvalue weighted by atomic mass is 15.2. The Morgan fingerprint density at radius 1 is 1.09 bits per heavy atom. The molecule has 0 fully saturated rings. The molecule has 0 saturated carbocycles. The number of hydrogen-bond acceptors (Lipinski definition) is 6. The number of aromatic nitrogens is 4. The molecule has 2 aromatic heterocycles. The number of hydrogen-bond donors (Lipinski definition) is 4. The van der Waals surface area contributed by atoms with Gasteiger partial charge < -0.3 is 21.4 Å². The van der Waals surface area contributed by atoms with Gasteiger partial charge in [0.05, 0.1) is 0 Å². The molecule has 0 saturated heterocycles. The lowest BCUT2D eigenvalue weighted by atomic mass is 10.2. The smallest absolute Gasteiger partial charge is 0.202 e. The molecular weight excluding hydrogens is 278 g/mol. The monoisotopic (exact) mass is 297 g/mol. The quantitative estimate of drug-likeness (QED) is 0.495. The van der Waals surface area contributed by atoms with Crippen LogP contribution in [0.1, 0.15) is 12.0 Å². The second-order valence-corrected chi connectivity index (χ2v) is 4.91. The largest absolute Gasteiger partial charge is 0.364 e. The summed E-state index contributed by atoms with van der Waals surface area (Å²) in [4.78, 5) is 16.1. The van der Waals surface area contributed by atoms with Crippen LogP contribution in [0.3, 0.4) is 0 Å². The average molecular weight is 297 g/mol. The molecule has 22 heavy (non-hydrogen) atoms. The minimum absolute atomic E-state index is 0.650. The molecule has 1 aromatic carbocycles. The van der Waals surface area contributed by atoms with Crippen LogP contribution in [0.2, 0.25) is 0 Å². The van der Waals surface area contributed by atoms with Gasteiger partial charge in [0.15, 0.2) is 17.0 Å². The first-order valence-electron chi connectivity index (χ1n) is 7.29. The zero-order valence-corrected chi connectivity index (χ0v) is 12.2. The molecule has 114 valence electrons. The van der Waals surface area contributed by atoms with E-state index in [4.69, 9.17) is 5.73 Å². The number of nitrogens with zero attached hydrogens (tertiary/aromatic N) is 3. The molecule has 0 aliphatic heterocycles. The van der Waals surface area contributed by atoms with E-state index in [0.29, 0.717) is 24.7 Å². The number of aromatic amines is 1. The van der Waals surface area contributed by atoms with Crippen LogP contribution in [0.25, 0.3) is 11.2 Å². The number of nitrogens with one attached hydrogen (secondary N) is 3. The van der Waals surface area contributed by atoms with E-state index < -0.39 is 0 Å². The maximum Gasteiger partial charge on any atom is 0.202 e. The van der Waals surface area contributed by atoms with Crippen molar-refractivity contribution in [1.82, 2.24) is 19.9 Å². The Kier molecular flexibility index (Phi) is 4.45. The second-order valence-electron chi connectivity index (χ2n) is 4.91. The number of H-pyrrole nitrogens is 1. The van der Waals surface area contributed by atoms with E-state index in [2.05, 4.69) is 42.7 Å². The summed E-state index contributed by atoms with van der Waals surface area (Å²) in [6.45, 7) is 2.11. The number of anilines is 2. The van der Waals surface area contributed by atoms with E-state index in [-0.39, 0.29) is 0 Å². The average Bonchev–Trinajstić information content (AvgIpc) is 2.97. The van der Waals surface area contributed by atoms with Crippen LogP contribution >= 0.6 is 0 Å². The lowest BCUT2D eigenvalue weighted by Crippen LogP contribution is -2.09. The first-order valence-corrected chi connectivity index (χ1v) is 7.29. The van der Waals surface area contributed by atoms with Crippen molar-refractivity contribution in [3.05, 3.63) is 42.2 Å². The summed E-state index contributed by atoms with van der Waals surface area (Å²) in [5.74, 6) is 1.41. The SMILES string of the molecule is NCCCNc1nc2c(NCc3ccccc3)ncnc2[nH]1. The van der Waals surface area contributed by atoms with Gasteiger partial charge in [0, 0.05) is 13.1 Å². The number of imidazole rings is 1. The van der Waals surface area contributed by atoms with Gasteiger partial charge in [-0.1, -0.05) is 30.3 Å². The number of fused-ring (bicyclic) bond motifs is 1. The molecule has 7 heteroatoms. The molecule has 7 nitrogen and oxygen atoms in total. The molecule has 3 aromatic rings. The van der Waals surface area contributed by atoms with Gasteiger partial charge in [-0.3, -0.25) is 0 Å². The van der Waals surface area contributed by atoms with Crippen LogP contribution in [0.4, 0.5) is 11.8 Å². The first kappa shape index (κ1) is 14.3. The first-order chi connectivity index (χ1) is 10.9. The molecule has 0 amide bonds. The molecular formula is C15H19N7. The van der Waals surface area contributed by atoms with E-state index in [1.54, 1.807) is 0 Å². The van der Waals surface area contributed by atoms with Crippen molar-refractivity contribution in [1.29, 1.82) is 0 Å². The van der Waals surface area contributed by atoms with Gasteiger partial charge in [0.25, 0.3) is 0 Å². The van der Waals surface area contributed by atoms with Crippen LogP contribution in [0.5, 0.6) is 0 Å². The third-order valence-electron chi connectivity index (χ3n) is 3.26. The molecule has 0 radical (unpaired) electrons. The zero-order chi connectivity index (χ0) is 15.2. The van der Waals surface area contributed by atoms with E-state index in [1.165, 1.54) is 11.9 Å². The maximum atomic E-state index is 5.48. The summed E-state index contributed by atoms with van der Waals surface area (Å²) >= 11 is 0. The van der Waals surface area contributed by atoms with E-state index in [1.807, 2.05) is 18.2 Å². The second kappa shape index (κ2) is 6.86. The number of nitrogens with two attached hydrogens (primary N) is 1. The van der Waals surface area contributed by atoms with Crippen molar-refractivity contribution >= 4 is 22.9 Å². The summed E-state index contributed by atoms with van der Waals surface area (Å²) in [6, 6.07) is 10.2. The molecule has 0 aliphatic carbocycles. The molecule has 0 unspecified atom stereocenters. The van der Waals surface area contributed by atoms with Crippen molar-refractivity contribution in [3.63, 3.8) is 0 Å². The standard InChI is InChI=1S/C15H19N7/c16-7-4-8-17-15-21-12-13(19-10-20-14(12)22-15)18-9-11-5-2-1-3-6-11/h1-3,5-6,10H,4,7-9,16H2,(H3,17,18,19,20,21,22). The topological polar surface area (TPSA) is 105 Å². The van der Waals surface area contributed by atoms with Gasteiger partial charge in [-0.15, -0.1) is 0 Å². The number of rotatable bonds is 7. The third kappa shape index (κ3) is 3.32. The van der Waals surface area contributed by atoms with Gasteiger partial charge in [-0.05, 0) is 18.5 Å². The van der Waals surface area contributed by atoms with Crippen molar-refractivity contribution in [3.8, 4) is 0 Å². The molecule has 0 bridgehead atoms. The molecule has 0 atom stereocenters. The molecule has 0 aliphatic rings. The summed E-state index contributed by atoms with van der Waals surface area (Å²) in [5.41, 5.74) is 8.11. The van der Waals surface area contributed by atoms with Gasteiger partial charge in [-0.2, -0.15) is 0 Å². The highest BCUT2D eigenvalue weighted by Gasteiger charge is 2.09. The van der Waals surface area contributed by atoms with Crippen molar-refractivity contribution < 1.29 is 0 Å². The van der Waals surface area contributed by atoms with Crippen LogP contribution < -0.4 is 16.4 Å². The summed E-state index contributed by atoms with van der Waals surface area (Å²) in [5, 5.41) is 6.50. The molecule has 2 heterocycles. The summed E-state index contributed by atoms with van der Waals surface area (Å²) in [7, 11) is 0. The fraction of sp³-hybridized carbons (Fsp3) is 0.267. The van der Waals surface area contributed by atoms with Crippen molar-refractivity contribution in [2.24, 2.45) is 5.73 Å². The van der Waals surface area contributed by atoms with Gasteiger partial charge in [-0.25, -0.2) is 15.0 Å². The highest BCUT2D eigenvalue weighted by molar-refractivity contribution is 5.84. The normalized spacial score (nSPS) is 10.8. The van der Waals surface area contributed by atoms with Crippen LogP contribution in [-0.4, -0.2) is 33.0 Å². The predicted molar refractivity (Wildman–Crippen MR) is 87.6 cm³/mol. The zero-order valence-electron chi connectivity index (χ0n) is 12.2. The molecule has 5 N–H and O–H groups in total. The molecule has 0 spiro atoms. The maximum absolute atomic E-state index is 5.48. The Morgan fingerprint density at radius 2 is 1.95 bits per heavy atom. The Hall–Kier alpha value is -2.67. The Morgan fingerprint density at radius 3 is 2.77 bits per heavy atom. The Bertz CT molecular complexity index is 723.